The van der Waals surface area contributed by atoms with E-state index in [1.165, 1.54) is 6.20 Å². The Bertz CT molecular complexity index is 473. The van der Waals surface area contributed by atoms with E-state index in [0.29, 0.717) is 11.4 Å². The fraction of sp³-hybridized carbons (Fsp3) is 0.462. The highest BCUT2D eigenvalue weighted by Gasteiger charge is 2.23. The molecule has 1 aromatic rings. The Morgan fingerprint density at radius 1 is 1.42 bits per heavy atom. The number of carbonyl (C=O) groups is 1. The molecule has 1 saturated carbocycles. The number of rotatable bonds is 3. The Morgan fingerprint density at radius 2 is 2.16 bits per heavy atom. The number of nitrogens with one attached hydrogen (secondary N) is 1. The molecule has 6 nitrogen and oxygen atoms in total. The van der Waals surface area contributed by atoms with Gasteiger partial charge in [-0.1, -0.05) is 0 Å². The third kappa shape index (κ3) is 3.85. The molecule has 19 heavy (non-hydrogen) atoms. The van der Waals surface area contributed by atoms with Crippen LogP contribution in [0.5, 0.6) is 5.88 Å². The van der Waals surface area contributed by atoms with Crippen LogP contribution >= 0.6 is 0 Å². The van der Waals surface area contributed by atoms with E-state index >= 15 is 0 Å². The summed E-state index contributed by atoms with van der Waals surface area (Å²) in [6.07, 6.45) is 3.71. The number of pyridine rings is 1. The van der Waals surface area contributed by atoms with Crippen molar-refractivity contribution in [3.63, 3.8) is 0 Å². The van der Waals surface area contributed by atoms with Gasteiger partial charge in [0.1, 0.15) is 12.2 Å². The number of ether oxygens (including phenoxy) is 1. The summed E-state index contributed by atoms with van der Waals surface area (Å²) in [5, 5.41) is 19.8. The number of nitrogens with zero attached hydrogens (tertiary/aromatic N) is 2. The van der Waals surface area contributed by atoms with Crippen LogP contribution < -0.4 is 10.1 Å². The van der Waals surface area contributed by atoms with Crippen LogP contribution in [0.25, 0.3) is 0 Å². The van der Waals surface area contributed by atoms with Gasteiger partial charge in [0.05, 0.1) is 5.56 Å². The number of hydrogen-bond donors (Lipinski definition) is 2. The molecule has 0 bridgehead atoms. The normalized spacial score (nSPS) is 22.3. The van der Waals surface area contributed by atoms with Crippen LogP contribution in [-0.2, 0) is 0 Å². The van der Waals surface area contributed by atoms with Crippen LogP contribution in [-0.4, -0.2) is 28.3 Å². The largest absolute Gasteiger partial charge is 0.474 e. The quantitative estimate of drug-likeness (QED) is 0.866. The summed E-state index contributed by atoms with van der Waals surface area (Å²) in [4.78, 5) is 14.6. The molecule has 0 aromatic carbocycles. The van der Waals surface area contributed by atoms with Crippen LogP contribution in [0, 0.1) is 11.3 Å². The lowest BCUT2D eigenvalue weighted by Crippen LogP contribution is -2.38. The molecule has 0 spiro atoms. The molecule has 1 amide bonds. The lowest BCUT2D eigenvalue weighted by Gasteiger charge is -2.28. The van der Waals surface area contributed by atoms with Crippen LogP contribution in [0.3, 0.4) is 0 Å². The molecule has 0 unspecified atom stereocenters. The highest BCUT2D eigenvalue weighted by atomic mass is 16.5. The van der Waals surface area contributed by atoms with Crippen molar-refractivity contribution in [3.05, 3.63) is 23.9 Å². The first kappa shape index (κ1) is 13.1. The average Bonchev–Trinajstić information content (AvgIpc) is 2.41. The molecule has 6 heteroatoms. The topological polar surface area (TPSA) is 95.2 Å². The third-order valence-electron chi connectivity index (χ3n) is 3.15. The standard InChI is InChI=1S/C13H15N3O3/c14-7-9-1-6-12(15-8-9)19-11-4-2-10(3-5-11)16-13(17)18/h1,6,8,10-11,16H,2-5H2,(H,17,18). The van der Waals surface area contributed by atoms with Crippen LogP contribution in [0.1, 0.15) is 31.2 Å². The van der Waals surface area contributed by atoms with Gasteiger partial charge in [-0.25, -0.2) is 9.78 Å². The molecule has 1 heterocycles. The van der Waals surface area contributed by atoms with E-state index in [1.807, 2.05) is 6.07 Å². The lowest BCUT2D eigenvalue weighted by atomic mass is 9.93. The van der Waals surface area contributed by atoms with Gasteiger partial charge in [-0.2, -0.15) is 5.26 Å². The minimum Gasteiger partial charge on any atom is -0.474 e. The first-order valence-electron chi connectivity index (χ1n) is 6.19. The van der Waals surface area contributed by atoms with Crippen molar-refractivity contribution in [2.24, 2.45) is 0 Å². The van der Waals surface area contributed by atoms with Gasteiger partial charge in [0.2, 0.25) is 5.88 Å². The van der Waals surface area contributed by atoms with E-state index in [4.69, 9.17) is 15.1 Å². The molecule has 2 N–H and O–H groups in total. The Labute approximate surface area is 111 Å². The van der Waals surface area contributed by atoms with E-state index in [9.17, 15) is 4.79 Å². The second kappa shape index (κ2) is 6.05. The predicted molar refractivity (Wildman–Crippen MR) is 66.8 cm³/mol. The molecule has 100 valence electrons. The molecule has 0 saturated heterocycles. The maximum absolute atomic E-state index is 10.5. The van der Waals surface area contributed by atoms with Crippen molar-refractivity contribution in [1.82, 2.24) is 10.3 Å². The molecule has 0 radical (unpaired) electrons. The highest BCUT2D eigenvalue weighted by molar-refractivity contribution is 5.64. The lowest BCUT2D eigenvalue weighted by molar-refractivity contribution is 0.130. The first-order valence-corrected chi connectivity index (χ1v) is 6.19. The second-order valence-electron chi connectivity index (χ2n) is 4.54. The van der Waals surface area contributed by atoms with Gasteiger partial charge >= 0.3 is 6.09 Å². The zero-order chi connectivity index (χ0) is 13.7. The minimum absolute atomic E-state index is 0.0197. The summed E-state index contributed by atoms with van der Waals surface area (Å²) in [5.41, 5.74) is 0.502. The van der Waals surface area contributed by atoms with Crippen molar-refractivity contribution in [2.45, 2.75) is 37.8 Å². The summed E-state index contributed by atoms with van der Waals surface area (Å²) in [6.45, 7) is 0. The fourth-order valence-corrected chi connectivity index (χ4v) is 2.19. The predicted octanol–water partition coefficient (Wildman–Crippen LogP) is 1.91. The zero-order valence-corrected chi connectivity index (χ0v) is 10.4. The van der Waals surface area contributed by atoms with Gasteiger partial charge in [0, 0.05) is 18.3 Å². The number of nitriles is 1. The molecular weight excluding hydrogens is 246 g/mol. The summed E-state index contributed by atoms with van der Waals surface area (Å²) < 4.78 is 5.71. The Hall–Kier alpha value is -2.29. The summed E-state index contributed by atoms with van der Waals surface area (Å²) >= 11 is 0. The Balaban J connectivity index is 1.82. The van der Waals surface area contributed by atoms with Gasteiger partial charge in [-0.05, 0) is 31.7 Å². The van der Waals surface area contributed by atoms with Gasteiger partial charge in [-0.15, -0.1) is 0 Å². The maximum Gasteiger partial charge on any atom is 0.404 e. The summed E-state index contributed by atoms with van der Waals surface area (Å²) in [5.74, 6) is 0.508. The minimum atomic E-state index is -0.974. The van der Waals surface area contributed by atoms with Gasteiger partial charge in [0.25, 0.3) is 0 Å². The van der Waals surface area contributed by atoms with Crippen LogP contribution in [0.15, 0.2) is 18.3 Å². The molecular formula is C13H15N3O3. The van der Waals surface area contributed by atoms with Crippen molar-refractivity contribution in [2.75, 3.05) is 0 Å². The number of aromatic nitrogens is 1. The summed E-state index contributed by atoms with van der Waals surface area (Å²) in [7, 11) is 0. The molecule has 1 fully saturated rings. The van der Waals surface area contributed by atoms with Crippen molar-refractivity contribution in [1.29, 1.82) is 5.26 Å². The molecule has 1 aromatic heterocycles. The van der Waals surface area contributed by atoms with Crippen LogP contribution in [0.2, 0.25) is 0 Å². The Morgan fingerprint density at radius 3 is 2.68 bits per heavy atom. The van der Waals surface area contributed by atoms with E-state index in [1.54, 1.807) is 12.1 Å². The fourth-order valence-electron chi connectivity index (χ4n) is 2.19. The zero-order valence-electron chi connectivity index (χ0n) is 10.4. The van der Waals surface area contributed by atoms with Crippen molar-refractivity contribution >= 4 is 6.09 Å². The molecule has 1 aliphatic rings. The molecule has 2 rings (SSSR count). The van der Waals surface area contributed by atoms with E-state index in [2.05, 4.69) is 10.3 Å². The van der Waals surface area contributed by atoms with Crippen molar-refractivity contribution < 1.29 is 14.6 Å². The summed E-state index contributed by atoms with van der Waals surface area (Å²) in [6, 6.07) is 5.37. The molecule has 0 aliphatic heterocycles. The van der Waals surface area contributed by atoms with Gasteiger partial charge < -0.3 is 15.2 Å². The molecule has 0 atom stereocenters. The van der Waals surface area contributed by atoms with E-state index < -0.39 is 6.09 Å². The second-order valence-corrected chi connectivity index (χ2v) is 4.54. The van der Waals surface area contributed by atoms with E-state index in [-0.39, 0.29) is 12.1 Å². The van der Waals surface area contributed by atoms with E-state index in [0.717, 1.165) is 25.7 Å². The smallest absolute Gasteiger partial charge is 0.404 e. The number of hydrogen-bond acceptors (Lipinski definition) is 4. The number of amides is 1. The monoisotopic (exact) mass is 261 g/mol. The van der Waals surface area contributed by atoms with Gasteiger partial charge in [-0.3, -0.25) is 0 Å². The van der Waals surface area contributed by atoms with Gasteiger partial charge in [0.15, 0.2) is 0 Å². The SMILES string of the molecule is N#Cc1ccc(OC2CCC(NC(=O)O)CC2)nc1. The Kier molecular flexibility index (Phi) is 4.18. The van der Waals surface area contributed by atoms with Crippen molar-refractivity contribution in [3.8, 4) is 11.9 Å². The first-order chi connectivity index (χ1) is 9.17. The average molecular weight is 261 g/mol. The van der Waals surface area contributed by atoms with Crippen LogP contribution in [0.4, 0.5) is 4.79 Å². The highest BCUT2D eigenvalue weighted by Crippen LogP contribution is 2.22. The third-order valence-corrected chi connectivity index (χ3v) is 3.15. The molecule has 1 aliphatic carbocycles. The maximum atomic E-state index is 10.5. The number of carboxylic acid groups (broad SMARTS) is 1.